The summed E-state index contributed by atoms with van der Waals surface area (Å²) < 4.78 is 2.11. The summed E-state index contributed by atoms with van der Waals surface area (Å²) in [4.78, 5) is 7.49. The lowest BCUT2D eigenvalue weighted by atomic mass is 10.0. The van der Waals surface area contributed by atoms with Crippen LogP contribution in [0.25, 0.3) is 27.8 Å². The monoisotopic (exact) mass is 259 g/mol. The molecule has 20 heavy (non-hydrogen) atoms. The Morgan fingerprint density at radius 1 is 0.950 bits per heavy atom. The lowest BCUT2D eigenvalue weighted by Gasteiger charge is -2.07. The molecule has 0 radical (unpaired) electrons. The molecule has 3 nitrogen and oxygen atoms in total. The van der Waals surface area contributed by atoms with Crippen LogP contribution in [-0.4, -0.2) is 14.5 Å². The number of hydrogen-bond donors (Lipinski definition) is 1. The largest absolute Gasteiger partial charge is 0.346 e. The van der Waals surface area contributed by atoms with Gasteiger partial charge in [0.1, 0.15) is 5.65 Å². The number of fused-ring (bicyclic) bond motifs is 1. The zero-order valence-corrected chi connectivity index (χ0v) is 10.8. The normalized spacial score (nSPS) is 11.0. The van der Waals surface area contributed by atoms with Gasteiger partial charge in [-0.3, -0.25) is 0 Å². The summed E-state index contributed by atoms with van der Waals surface area (Å²) in [5.41, 5.74) is 4.48. The van der Waals surface area contributed by atoms with E-state index in [2.05, 4.69) is 63.3 Å². The zero-order chi connectivity index (χ0) is 13.4. The number of H-pyrrole nitrogens is 1. The second kappa shape index (κ2) is 4.38. The molecule has 0 atom stereocenters. The van der Waals surface area contributed by atoms with Crippen LogP contribution in [0.4, 0.5) is 0 Å². The maximum absolute atomic E-state index is 4.34. The van der Waals surface area contributed by atoms with Crippen LogP contribution in [-0.2, 0) is 0 Å². The highest BCUT2D eigenvalue weighted by molar-refractivity contribution is 5.93. The van der Waals surface area contributed by atoms with E-state index in [-0.39, 0.29) is 0 Å². The van der Waals surface area contributed by atoms with Gasteiger partial charge in [-0.15, -0.1) is 0 Å². The van der Waals surface area contributed by atoms with Crippen molar-refractivity contribution in [2.24, 2.45) is 0 Å². The molecular weight excluding hydrogens is 246 g/mol. The third-order valence-electron chi connectivity index (χ3n) is 3.52. The van der Waals surface area contributed by atoms with Gasteiger partial charge < -0.3 is 9.55 Å². The van der Waals surface area contributed by atoms with Crippen molar-refractivity contribution in [3.63, 3.8) is 0 Å². The lowest BCUT2D eigenvalue weighted by molar-refractivity contribution is 1.08. The first-order chi connectivity index (χ1) is 9.92. The first-order valence-corrected chi connectivity index (χ1v) is 6.58. The molecule has 3 heteroatoms. The van der Waals surface area contributed by atoms with Gasteiger partial charge in [0.15, 0.2) is 0 Å². The minimum atomic E-state index is 0.925. The number of aromatic nitrogens is 3. The van der Waals surface area contributed by atoms with E-state index in [1.54, 1.807) is 0 Å². The molecule has 1 aromatic carbocycles. The first-order valence-electron chi connectivity index (χ1n) is 6.58. The first kappa shape index (κ1) is 11.1. The van der Waals surface area contributed by atoms with Crippen LogP contribution in [0.5, 0.6) is 0 Å². The summed E-state index contributed by atoms with van der Waals surface area (Å²) in [6.45, 7) is 0. The Labute approximate surface area is 116 Å². The maximum Gasteiger partial charge on any atom is 0.137 e. The molecule has 0 saturated heterocycles. The molecule has 3 aromatic heterocycles. The van der Waals surface area contributed by atoms with Gasteiger partial charge in [-0.1, -0.05) is 12.1 Å². The predicted octanol–water partition coefficient (Wildman–Crippen LogP) is 4.02. The van der Waals surface area contributed by atoms with Gasteiger partial charge in [-0.25, -0.2) is 4.98 Å². The van der Waals surface area contributed by atoms with E-state index in [1.807, 2.05) is 24.5 Å². The van der Waals surface area contributed by atoms with Gasteiger partial charge in [0.2, 0.25) is 0 Å². The second-order valence-electron chi connectivity index (χ2n) is 4.74. The topological polar surface area (TPSA) is 33.6 Å². The van der Waals surface area contributed by atoms with Crippen molar-refractivity contribution in [3.8, 4) is 16.8 Å². The van der Waals surface area contributed by atoms with Gasteiger partial charge in [0, 0.05) is 35.9 Å². The highest BCUT2D eigenvalue weighted by Gasteiger charge is 2.06. The molecule has 4 aromatic rings. The van der Waals surface area contributed by atoms with E-state index in [1.165, 1.54) is 11.1 Å². The van der Waals surface area contributed by atoms with Crippen LogP contribution in [0.3, 0.4) is 0 Å². The van der Waals surface area contributed by atoms with E-state index in [0.717, 1.165) is 16.7 Å². The average molecular weight is 259 g/mol. The second-order valence-corrected chi connectivity index (χ2v) is 4.74. The molecule has 0 fully saturated rings. The third kappa shape index (κ3) is 1.72. The number of aromatic amines is 1. The van der Waals surface area contributed by atoms with Crippen molar-refractivity contribution < 1.29 is 0 Å². The summed E-state index contributed by atoms with van der Waals surface area (Å²) in [5.74, 6) is 0. The summed E-state index contributed by atoms with van der Waals surface area (Å²) in [6, 6.07) is 16.7. The Balaban J connectivity index is 1.91. The number of benzene rings is 1. The summed E-state index contributed by atoms with van der Waals surface area (Å²) >= 11 is 0. The van der Waals surface area contributed by atoms with E-state index in [9.17, 15) is 0 Å². The number of nitrogens with zero attached hydrogens (tertiary/aromatic N) is 2. The number of pyridine rings is 1. The van der Waals surface area contributed by atoms with Crippen molar-refractivity contribution in [1.29, 1.82) is 0 Å². The minimum Gasteiger partial charge on any atom is -0.346 e. The summed E-state index contributed by atoms with van der Waals surface area (Å²) in [5, 5.41) is 1.15. The Hall–Kier alpha value is -2.81. The molecular formula is C17H13N3. The zero-order valence-electron chi connectivity index (χ0n) is 10.8. The van der Waals surface area contributed by atoms with Crippen molar-refractivity contribution in [2.75, 3.05) is 0 Å². The SMILES string of the molecule is c1cc(-c2ccnc3[nH]ccc23)cc(-n2cccc2)c1. The standard InChI is InChI=1S/C17H13N3/c1-2-11-20(10-1)14-5-3-4-13(12-14)15-6-8-18-17-16(15)7-9-19-17/h1-12H,(H,18,19). The van der Waals surface area contributed by atoms with Crippen molar-refractivity contribution >= 4 is 11.0 Å². The maximum atomic E-state index is 4.34. The summed E-state index contributed by atoms with van der Waals surface area (Å²) in [7, 11) is 0. The van der Waals surface area contributed by atoms with E-state index in [4.69, 9.17) is 0 Å². The molecule has 3 heterocycles. The minimum absolute atomic E-state index is 0.925. The molecule has 4 rings (SSSR count). The van der Waals surface area contributed by atoms with E-state index < -0.39 is 0 Å². The molecule has 0 aliphatic carbocycles. The fourth-order valence-corrected chi connectivity index (χ4v) is 2.55. The molecule has 0 bridgehead atoms. The predicted molar refractivity (Wildman–Crippen MR) is 80.9 cm³/mol. The molecule has 0 aliphatic rings. The fraction of sp³-hybridized carbons (Fsp3) is 0. The third-order valence-corrected chi connectivity index (χ3v) is 3.52. The molecule has 0 aliphatic heterocycles. The molecule has 0 unspecified atom stereocenters. The highest BCUT2D eigenvalue weighted by Crippen LogP contribution is 2.28. The molecule has 0 spiro atoms. The molecule has 1 N–H and O–H groups in total. The van der Waals surface area contributed by atoms with Crippen LogP contribution < -0.4 is 0 Å². The average Bonchev–Trinajstić information content (AvgIpc) is 3.18. The molecule has 0 saturated carbocycles. The Morgan fingerprint density at radius 3 is 2.75 bits per heavy atom. The van der Waals surface area contributed by atoms with Crippen LogP contribution in [0, 0.1) is 0 Å². The molecule has 96 valence electrons. The Bertz CT molecular complexity index is 857. The van der Waals surface area contributed by atoms with E-state index >= 15 is 0 Å². The van der Waals surface area contributed by atoms with Gasteiger partial charge in [-0.2, -0.15) is 0 Å². The number of nitrogens with one attached hydrogen (secondary N) is 1. The van der Waals surface area contributed by atoms with Crippen molar-refractivity contribution in [3.05, 3.63) is 73.3 Å². The van der Waals surface area contributed by atoms with Crippen molar-refractivity contribution in [1.82, 2.24) is 14.5 Å². The Kier molecular flexibility index (Phi) is 2.42. The number of hydrogen-bond acceptors (Lipinski definition) is 1. The smallest absolute Gasteiger partial charge is 0.137 e. The van der Waals surface area contributed by atoms with Crippen LogP contribution >= 0.6 is 0 Å². The van der Waals surface area contributed by atoms with E-state index in [0.29, 0.717) is 0 Å². The van der Waals surface area contributed by atoms with Gasteiger partial charge in [0.05, 0.1) is 0 Å². The van der Waals surface area contributed by atoms with Crippen LogP contribution in [0.2, 0.25) is 0 Å². The summed E-state index contributed by atoms with van der Waals surface area (Å²) in [6.07, 6.45) is 7.88. The Morgan fingerprint density at radius 2 is 1.85 bits per heavy atom. The van der Waals surface area contributed by atoms with Gasteiger partial charge in [0.25, 0.3) is 0 Å². The number of rotatable bonds is 2. The molecule has 0 amide bonds. The van der Waals surface area contributed by atoms with Gasteiger partial charge in [-0.05, 0) is 47.5 Å². The highest BCUT2D eigenvalue weighted by atomic mass is 14.9. The van der Waals surface area contributed by atoms with Crippen LogP contribution in [0.1, 0.15) is 0 Å². The quantitative estimate of drug-likeness (QED) is 0.579. The van der Waals surface area contributed by atoms with Gasteiger partial charge >= 0.3 is 0 Å². The fourth-order valence-electron chi connectivity index (χ4n) is 2.55. The lowest BCUT2D eigenvalue weighted by Crippen LogP contribution is -1.90. The van der Waals surface area contributed by atoms with Crippen LogP contribution in [0.15, 0.2) is 73.3 Å². The van der Waals surface area contributed by atoms with Crippen molar-refractivity contribution in [2.45, 2.75) is 0 Å².